The number of hydrogen-bond acceptors (Lipinski definition) is 4. The highest BCUT2D eigenvalue weighted by Crippen LogP contribution is 2.28. The molecule has 0 unspecified atom stereocenters. The van der Waals surface area contributed by atoms with E-state index >= 15 is 0 Å². The largest absolute Gasteiger partial charge is 0.484 e. The maximum absolute atomic E-state index is 12.6. The van der Waals surface area contributed by atoms with E-state index in [1.807, 2.05) is 31.2 Å². The standard InChI is InChI=1S/C27H25Cl2N3O4/c1-17-2-4-18(5-3-17)14-30-27(35)19-12-26(34)32(15-19)21-7-9-22(10-8-21)36-16-25(33)31-24-11-6-20(28)13-23(24)29/h2-11,13,19H,12,14-16H2,1H3,(H,30,35)(H,31,33)/t19-/m1/s1. The minimum atomic E-state index is -0.415. The number of amides is 3. The first-order chi connectivity index (χ1) is 17.3. The third-order valence-electron chi connectivity index (χ3n) is 5.81. The van der Waals surface area contributed by atoms with Crippen molar-refractivity contribution in [3.8, 4) is 5.75 Å². The van der Waals surface area contributed by atoms with E-state index in [4.69, 9.17) is 27.9 Å². The molecular formula is C27H25Cl2N3O4. The van der Waals surface area contributed by atoms with E-state index in [2.05, 4.69) is 10.6 Å². The molecule has 1 aliphatic heterocycles. The quantitative estimate of drug-likeness (QED) is 0.433. The minimum absolute atomic E-state index is 0.113. The van der Waals surface area contributed by atoms with E-state index in [-0.39, 0.29) is 30.7 Å². The lowest BCUT2D eigenvalue weighted by molar-refractivity contribution is -0.126. The molecule has 1 atom stereocenters. The van der Waals surface area contributed by atoms with E-state index in [0.717, 1.165) is 11.1 Å². The summed E-state index contributed by atoms with van der Waals surface area (Å²) in [6.07, 6.45) is 0.158. The average molecular weight is 526 g/mol. The Balaban J connectivity index is 1.27. The van der Waals surface area contributed by atoms with Gasteiger partial charge in [0, 0.05) is 30.2 Å². The van der Waals surface area contributed by atoms with Gasteiger partial charge in [-0.2, -0.15) is 0 Å². The van der Waals surface area contributed by atoms with Gasteiger partial charge in [0.2, 0.25) is 11.8 Å². The van der Waals surface area contributed by atoms with Crippen LogP contribution in [0.3, 0.4) is 0 Å². The Hall–Kier alpha value is -3.55. The van der Waals surface area contributed by atoms with Gasteiger partial charge in [-0.15, -0.1) is 0 Å². The Labute approximate surface area is 219 Å². The summed E-state index contributed by atoms with van der Waals surface area (Å²) in [5.41, 5.74) is 3.27. The third kappa shape index (κ3) is 6.56. The van der Waals surface area contributed by atoms with E-state index in [1.54, 1.807) is 41.3 Å². The Morgan fingerprint density at radius 3 is 2.44 bits per heavy atom. The van der Waals surface area contributed by atoms with Crippen molar-refractivity contribution < 1.29 is 19.1 Å². The molecule has 186 valence electrons. The average Bonchev–Trinajstić information content (AvgIpc) is 3.26. The van der Waals surface area contributed by atoms with Crippen LogP contribution in [0.15, 0.2) is 66.7 Å². The molecule has 3 aromatic carbocycles. The summed E-state index contributed by atoms with van der Waals surface area (Å²) in [5, 5.41) is 6.39. The van der Waals surface area contributed by atoms with Crippen molar-refractivity contribution >= 4 is 52.3 Å². The second-order valence-electron chi connectivity index (χ2n) is 8.56. The highest BCUT2D eigenvalue weighted by Gasteiger charge is 2.35. The number of rotatable bonds is 8. The summed E-state index contributed by atoms with van der Waals surface area (Å²) >= 11 is 11.9. The molecule has 0 saturated carbocycles. The number of carbonyl (C=O) groups is 3. The van der Waals surface area contributed by atoms with Gasteiger partial charge in [-0.25, -0.2) is 0 Å². The summed E-state index contributed by atoms with van der Waals surface area (Å²) in [6.45, 7) is 2.52. The zero-order valence-electron chi connectivity index (χ0n) is 19.6. The number of hydrogen-bond donors (Lipinski definition) is 2. The highest BCUT2D eigenvalue weighted by molar-refractivity contribution is 6.36. The molecule has 4 rings (SSSR count). The van der Waals surface area contributed by atoms with Gasteiger partial charge in [0.1, 0.15) is 5.75 Å². The smallest absolute Gasteiger partial charge is 0.262 e. The van der Waals surface area contributed by atoms with Gasteiger partial charge in [0.05, 0.1) is 16.6 Å². The summed E-state index contributed by atoms with van der Waals surface area (Å²) in [7, 11) is 0. The maximum atomic E-state index is 12.6. The Kier molecular flexibility index (Phi) is 8.13. The van der Waals surface area contributed by atoms with Crippen LogP contribution in [-0.2, 0) is 20.9 Å². The second kappa shape index (κ2) is 11.5. The van der Waals surface area contributed by atoms with Gasteiger partial charge in [-0.1, -0.05) is 53.0 Å². The SMILES string of the molecule is Cc1ccc(CNC(=O)[C@@H]2CC(=O)N(c3ccc(OCC(=O)Nc4ccc(Cl)cc4Cl)cc3)C2)cc1. The molecule has 0 spiro atoms. The molecule has 1 fully saturated rings. The number of carbonyl (C=O) groups excluding carboxylic acids is 3. The van der Waals surface area contributed by atoms with Crippen molar-refractivity contribution in [1.29, 1.82) is 0 Å². The predicted molar refractivity (Wildman–Crippen MR) is 141 cm³/mol. The predicted octanol–water partition coefficient (Wildman–Crippen LogP) is 4.99. The van der Waals surface area contributed by atoms with Crippen LogP contribution in [0.4, 0.5) is 11.4 Å². The number of benzene rings is 3. The molecule has 1 aliphatic rings. The van der Waals surface area contributed by atoms with Crippen LogP contribution in [0.5, 0.6) is 5.75 Å². The molecule has 0 bridgehead atoms. The number of nitrogens with one attached hydrogen (secondary N) is 2. The van der Waals surface area contributed by atoms with Gasteiger partial charge >= 0.3 is 0 Å². The summed E-state index contributed by atoms with van der Waals surface area (Å²) in [6, 6.07) is 19.5. The fourth-order valence-corrected chi connectivity index (χ4v) is 4.28. The monoisotopic (exact) mass is 525 g/mol. The molecule has 1 saturated heterocycles. The van der Waals surface area contributed by atoms with Crippen molar-refractivity contribution in [3.05, 3.63) is 87.9 Å². The molecule has 3 amide bonds. The van der Waals surface area contributed by atoms with E-state index in [9.17, 15) is 14.4 Å². The lowest BCUT2D eigenvalue weighted by Crippen LogP contribution is -2.32. The van der Waals surface area contributed by atoms with E-state index in [1.165, 1.54) is 6.07 Å². The van der Waals surface area contributed by atoms with Crippen molar-refractivity contribution in [2.45, 2.75) is 19.9 Å². The van der Waals surface area contributed by atoms with Crippen LogP contribution in [-0.4, -0.2) is 30.9 Å². The fraction of sp³-hybridized carbons (Fsp3) is 0.222. The zero-order valence-corrected chi connectivity index (χ0v) is 21.1. The molecule has 7 nitrogen and oxygen atoms in total. The van der Waals surface area contributed by atoms with Gasteiger partial charge in [-0.3, -0.25) is 14.4 Å². The maximum Gasteiger partial charge on any atom is 0.262 e. The molecule has 36 heavy (non-hydrogen) atoms. The number of ether oxygens (including phenoxy) is 1. The zero-order chi connectivity index (χ0) is 25.7. The van der Waals surface area contributed by atoms with Gasteiger partial charge in [0.25, 0.3) is 5.91 Å². The Bertz CT molecular complexity index is 1260. The van der Waals surface area contributed by atoms with Gasteiger partial charge in [-0.05, 0) is 55.0 Å². The summed E-state index contributed by atoms with van der Waals surface area (Å²) in [4.78, 5) is 39.0. The van der Waals surface area contributed by atoms with Gasteiger partial charge in [0.15, 0.2) is 6.61 Å². The van der Waals surface area contributed by atoms with Crippen LogP contribution in [0, 0.1) is 12.8 Å². The Morgan fingerprint density at radius 2 is 1.75 bits per heavy atom. The summed E-state index contributed by atoms with van der Waals surface area (Å²) < 4.78 is 5.54. The van der Waals surface area contributed by atoms with Crippen LogP contribution < -0.4 is 20.3 Å². The van der Waals surface area contributed by atoms with Crippen LogP contribution in [0.2, 0.25) is 10.0 Å². The van der Waals surface area contributed by atoms with Crippen LogP contribution in [0.25, 0.3) is 0 Å². The van der Waals surface area contributed by atoms with E-state index < -0.39 is 5.92 Å². The van der Waals surface area contributed by atoms with Crippen molar-refractivity contribution in [2.24, 2.45) is 5.92 Å². The first-order valence-corrected chi connectivity index (χ1v) is 12.2. The highest BCUT2D eigenvalue weighted by atomic mass is 35.5. The lowest BCUT2D eigenvalue weighted by Gasteiger charge is -2.17. The number of nitrogens with zero attached hydrogens (tertiary/aromatic N) is 1. The third-order valence-corrected chi connectivity index (χ3v) is 6.35. The van der Waals surface area contributed by atoms with E-state index in [0.29, 0.717) is 40.3 Å². The molecule has 1 heterocycles. The molecule has 2 N–H and O–H groups in total. The number of aryl methyl sites for hydroxylation is 1. The summed E-state index contributed by atoms with van der Waals surface area (Å²) in [5.74, 6) is -0.577. The Morgan fingerprint density at radius 1 is 1.03 bits per heavy atom. The molecule has 0 aromatic heterocycles. The minimum Gasteiger partial charge on any atom is -0.484 e. The van der Waals surface area contributed by atoms with Crippen molar-refractivity contribution in [2.75, 3.05) is 23.4 Å². The topological polar surface area (TPSA) is 87.7 Å². The van der Waals surface area contributed by atoms with Crippen molar-refractivity contribution in [1.82, 2.24) is 5.32 Å². The van der Waals surface area contributed by atoms with Crippen LogP contribution in [0.1, 0.15) is 17.5 Å². The van der Waals surface area contributed by atoms with Crippen LogP contribution >= 0.6 is 23.2 Å². The second-order valence-corrected chi connectivity index (χ2v) is 9.41. The molecular weight excluding hydrogens is 501 g/mol. The normalized spacial score (nSPS) is 15.0. The number of anilines is 2. The number of halogens is 2. The molecule has 0 radical (unpaired) electrons. The molecule has 3 aromatic rings. The lowest BCUT2D eigenvalue weighted by atomic mass is 10.1. The fourth-order valence-electron chi connectivity index (χ4n) is 3.82. The molecule has 9 heteroatoms. The first kappa shape index (κ1) is 25.5. The first-order valence-electron chi connectivity index (χ1n) is 11.4. The van der Waals surface area contributed by atoms with Crippen molar-refractivity contribution in [3.63, 3.8) is 0 Å². The molecule has 0 aliphatic carbocycles. The van der Waals surface area contributed by atoms with Gasteiger partial charge < -0.3 is 20.3 Å².